The highest BCUT2D eigenvalue weighted by molar-refractivity contribution is 7.89. The Kier molecular flexibility index (Phi) is 6.20. The van der Waals surface area contributed by atoms with E-state index >= 15 is 0 Å². The van der Waals surface area contributed by atoms with Crippen molar-refractivity contribution in [2.75, 3.05) is 20.3 Å². The second-order valence-electron chi connectivity index (χ2n) is 6.35. The maximum atomic E-state index is 12.9. The zero-order valence-corrected chi connectivity index (χ0v) is 15.8. The third-order valence-corrected chi connectivity index (χ3v) is 6.11. The largest absolute Gasteiger partial charge is 0.465 e. The molecule has 0 spiro atoms. The van der Waals surface area contributed by atoms with E-state index < -0.39 is 22.0 Å². The van der Waals surface area contributed by atoms with Crippen LogP contribution in [0.3, 0.4) is 0 Å². The highest BCUT2D eigenvalue weighted by atomic mass is 32.2. The Hall–Kier alpha value is -2.29. The molecule has 144 valence electrons. The molecule has 0 saturated carbocycles. The van der Waals surface area contributed by atoms with Crippen molar-refractivity contribution in [3.05, 3.63) is 59.9 Å². The Morgan fingerprint density at radius 2 is 1.93 bits per heavy atom. The molecule has 1 aliphatic rings. The number of hydrogen-bond donors (Lipinski definition) is 1. The predicted octanol–water partition coefficient (Wildman–Crippen LogP) is 2.31. The standard InChI is InChI=1S/C19H22N2O5S/c1-25-19(22)15-4-6-17(7-5-15)27(23,24)21-18(14-8-11-26-12-9-14)16-3-2-10-20-13-16/h2-7,10,13-14,18,21H,8-9,11-12H2,1H3. The molecule has 0 radical (unpaired) electrons. The van der Waals surface area contributed by atoms with Gasteiger partial charge in [-0.05, 0) is 54.7 Å². The first-order chi connectivity index (χ1) is 13.0. The average molecular weight is 390 g/mol. The number of esters is 1. The number of carbonyl (C=O) groups is 1. The topological polar surface area (TPSA) is 94.6 Å². The molecule has 8 heteroatoms. The monoisotopic (exact) mass is 390 g/mol. The zero-order chi connectivity index (χ0) is 19.3. The molecule has 27 heavy (non-hydrogen) atoms. The molecule has 2 aromatic rings. The summed E-state index contributed by atoms with van der Waals surface area (Å²) in [6, 6.07) is 8.95. The van der Waals surface area contributed by atoms with Crippen LogP contribution < -0.4 is 4.72 Å². The molecule has 7 nitrogen and oxygen atoms in total. The van der Waals surface area contributed by atoms with Gasteiger partial charge < -0.3 is 9.47 Å². The summed E-state index contributed by atoms with van der Waals surface area (Å²) in [4.78, 5) is 15.8. The maximum absolute atomic E-state index is 12.9. The van der Waals surface area contributed by atoms with Gasteiger partial charge in [-0.3, -0.25) is 4.98 Å². The number of nitrogens with one attached hydrogen (secondary N) is 1. The van der Waals surface area contributed by atoms with E-state index in [2.05, 4.69) is 14.4 Å². The molecule has 0 aliphatic carbocycles. The van der Waals surface area contributed by atoms with Gasteiger partial charge in [0, 0.05) is 25.6 Å². The number of rotatable bonds is 6. The Morgan fingerprint density at radius 3 is 2.52 bits per heavy atom. The molecular formula is C19H22N2O5S. The normalized spacial score (nSPS) is 16.6. The van der Waals surface area contributed by atoms with Gasteiger partial charge in [-0.1, -0.05) is 6.07 Å². The van der Waals surface area contributed by atoms with Gasteiger partial charge in [0.1, 0.15) is 0 Å². The fourth-order valence-corrected chi connectivity index (χ4v) is 4.46. The number of sulfonamides is 1. The van der Waals surface area contributed by atoms with Crippen molar-refractivity contribution in [1.82, 2.24) is 9.71 Å². The highest BCUT2D eigenvalue weighted by Crippen LogP contribution is 2.31. The van der Waals surface area contributed by atoms with Crippen molar-refractivity contribution in [3.63, 3.8) is 0 Å². The van der Waals surface area contributed by atoms with Gasteiger partial charge in [0.15, 0.2) is 0 Å². The minimum atomic E-state index is -3.78. The number of methoxy groups -OCH3 is 1. The number of pyridine rings is 1. The highest BCUT2D eigenvalue weighted by Gasteiger charge is 2.30. The quantitative estimate of drug-likeness (QED) is 0.761. The Balaban J connectivity index is 1.86. The minimum absolute atomic E-state index is 0.0936. The van der Waals surface area contributed by atoms with Gasteiger partial charge in [-0.2, -0.15) is 0 Å². The summed E-state index contributed by atoms with van der Waals surface area (Å²) < 4.78 is 38.7. The van der Waals surface area contributed by atoms with Gasteiger partial charge in [0.2, 0.25) is 10.0 Å². The molecule has 0 amide bonds. The van der Waals surface area contributed by atoms with Crippen molar-refractivity contribution in [2.24, 2.45) is 5.92 Å². The molecule has 1 atom stereocenters. The summed E-state index contributed by atoms with van der Waals surface area (Å²) in [6.45, 7) is 1.22. The fraction of sp³-hybridized carbons (Fsp3) is 0.368. The summed E-state index contributed by atoms with van der Waals surface area (Å²) in [5, 5.41) is 0. The third-order valence-electron chi connectivity index (χ3n) is 4.65. The zero-order valence-electron chi connectivity index (χ0n) is 15.0. The van der Waals surface area contributed by atoms with Crippen molar-refractivity contribution < 1.29 is 22.7 Å². The lowest BCUT2D eigenvalue weighted by Crippen LogP contribution is -2.36. The molecule has 1 unspecified atom stereocenters. The molecule has 1 saturated heterocycles. The van der Waals surface area contributed by atoms with Crippen LogP contribution in [0.1, 0.15) is 34.8 Å². The second kappa shape index (κ2) is 8.60. The second-order valence-corrected chi connectivity index (χ2v) is 8.07. The van der Waals surface area contributed by atoms with Gasteiger partial charge in [0.05, 0.1) is 23.6 Å². The van der Waals surface area contributed by atoms with Gasteiger partial charge in [0.25, 0.3) is 0 Å². The van der Waals surface area contributed by atoms with Crippen LogP contribution in [0.15, 0.2) is 53.7 Å². The van der Waals surface area contributed by atoms with Crippen molar-refractivity contribution in [1.29, 1.82) is 0 Å². The summed E-state index contributed by atoms with van der Waals surface area (Å²) >= 11 is 0. The number of benzene rings is 1. The van der Waals surface area contributed by atoms with E-state index in [-0.39, 0.29) is 10.8 Å². The van der Waals surface area contributed by atoms with Crippen molar-refractivity contribution in [3.8, 4) is 0 Å². The first-order valence-electron chi connectivity index (χ1n) is 8.69. The number of nitrogens with zero attached hydrogens (tertiary/aromatic N) is 1. The molecule has 0 bridgehead atoms. The van der Waals surface area contributed by atoms with Crippen LogP contribution in [0.4, 0.5) is 0 Å². The van der Waals surface area contributed by atoms with Gasteiger partial charge in [-0.25, -0.2) is 17.9 Å². The predicted molar refractivity (Wildman–Crippen MR) is 98.6 cm³/mol. The maximum Gasteiger partial charge on any atom is 0.337 e. The number of hydrogen-bond acceptors (Lipinski definition) is 6. The van der Waals surface area contributed by atoms with Gasteiger partial charge in [-0.15, -0.1) is 0 Å². The Bertz CT molecular complexity index is 863. The van der Waals surface area contributed by atoms with Crippen molar-refractivity contribution >= 4 is 16.0 Å². The van der Waals surface area contributed by atoms with Crippen LogP contribution in [0, 0.1) is 5.92 Å². The van der Waals surface area contributed by atoms with Crippen molar-refractivity contribution in [2.45, 2.75) is 23.8 Å². The lowest BCUT2D eigenvalue weighted by molar-refractivity contribution is 0.0564. The molecule has 1 aromatic heterocycles. The Labute approximate surface area is 158 Å². The fourth-order valence-electron chi connectivity index (χ4n) is 3.17. The third kappa shape index (κ3) is 4.71. The molecule has 2 heterocycles. The SMILES string of the molecule is COC(=O)c1ccc(S(=O)(=O)NC(c2cccnc2)C2CCOCC2)cc1. The van der Waals surface area contributed by atoms with E-state index in [1.54, 1.807) is 18.5 Å². The first-order valence-corrected chi connectivity index (χ1v) is 10.2. The van der Waals surface area contributed by atoms with E-state index in [9.17, 15) is 13.2 Å². The summed E-state index contributed by atoms with van der Waals surface area (Å²) in [7, 11) is -2.50. The molecule has 3 rings (SSSR count). The Morgan fingerprint density at radius 1 is 1.22 bits per heavy atom. The first kappa shape index (κ1) is 19.5. The molecule has 1 aromatic carbocycles. The van der Waals surface area contributed by atoms with E-state index in [4.69, 9.17) is 4.74 Å². The number of ether oxygens (including phenoxy) is 2. The van der Waals surface area contributed by atoms with E-state index in [0.29, 0.717) is 18.8 Å². The molecule has 1 aliphatic heterocycles. The lowest BCUT2D eigenvalue weighted by atomic mass is 9.88. The van der Waals surface area contributed by atoms with Crippen LogP contribution in [0.2, 0.25) is 0 Å². The number of carbonyl (C=O) groups excluding carboxylic acids is 1. The summed E-state index contributed by atoms with van der Waals surface area (Å²) in [5.74, 6) is -0.394. The average Bonchev–Trinajstić information content (AvgIpc) is 2.73. The smallest absolute Gasteiger partial charge is 0.337 e. The van der Waals surface area contributed by atoms with E-state index in [1.807, 2.05) is 6.07 Å². The molecule has 1 N–H and O–H groups in total. The van der Waals surface area contributed by atoms with Crippen LogP contribution in [-0.4, -0.2) is 39.7 Å². The summed E-state index contributed by atoms with van der Waals surface area (Å²) in [6.07, 6.45) is 4.88. The van der Waals surface area contributed by atoms with Crippen LogP contribution in [-0.2, 0) is 19.5 Å². The van der Waals surface area contributed by atoms with Crippen LogP contribution in [0.25, 0.3) is 0 Å². The molecular weight excluding hydrogens is 368 g/mol. The number of aromatic nitrogens is 1. The minimum Gasteiger partial charge on any atom is -0.465 e. The van der Waals surface area contributed by atoms with Crippen LogP contribution >= 0.6 is 0 Å². The van der Waals surface area contributed by atoms with Gasteiger partial charge >= 0.3 is 5.97 Å². The van der Waals surface area contributed by atoms with Crippen LogP contribution in [0.5, 0.6) is 0 Å². The van der Waals surface area contributed by atoms with E-state index in [1.165, 1.54) is 31.4 Å². The van der Waals surface area contributed by atoms with E-state index in [0.717, 1.165) is 18.4 Å². The summed E-state index contributed by atoms with van der Waals surface area (Å²) in [5.41, 5.74) is 1.11. The molecule has 1 fully saturated rings. The lowest BCUT2D eigenvalue weighted by Gasteiger charge is -2.31.